The predicted octanol–water partition coefficient (Wildman–Crippen LogP) is 3.01. The van der Waals surface area contributed by atoms with Crippen LogP contribution in [0, 0.1) is 12.8 Å². The maximum absolute atomic E-state index is 5.92. The summed E-state index contributed by atoms with van der Waals surface area (Å²) in [6, 6.07) is 0. The fourth-order valence-corrected chi connectivity index (χ4v) is 1.94. The van der Waals surface area contributed by atoms with Crippen molar-refractivity contribution in [3.63, 3.8) is 0 Å². The van der Waals surface area contributed by atoms with Gasteiger partial charge in [-0.25, -0.2) is 0 Å². The van der Waals surface area contributed by atoms with Gasteiger partial charge in [-0.15, -0.1) is 11.6 Å². The highest BCUT2D eigenvalue weighted by atomic mass is 35.5. The molecular weight excluding hydrogens is 132 g/mol. The third-order valence-corrected chi connectivity index (χ3v) is 2.49. The molecule has 0 aromatic rings. The molecule has 1 aliphatic carbocycles. The summed E-state index contributed by atoms with van der Waals surface area (Å²) in [5.74, 6) is 0.894. The van der Waals surface area contributed by atoms with Gasteiger partial charge in [0.25, 0.3) is 0 Å². The highest BCUT2D eigenvalue weighted by Gasteiger charge is 2.21. The Bertz CT molecular complexity index is 78.6. The Morgan fingerprint density at radius 1 is 1.44 bits per heavy atom. The Labute approximate surface area is 62.6 Å². The van der Waals surface area contributed by atoms with E-state index in [1.165, 1.54) is 25.7 Å². The number of halogens is 1. The van der Waals surface area contributed by atoms with Gasteiger partial charge < -0.3 is 0 Å². The van der Waals surface area contributed by atoms with Crippen LogP contribution in [0.15, 0.2) is 0 Å². The quantitative estimate of drug-likeness (QED) is 0.524. The van der Waals surface area contributed by atoms with E-state index in [9.17, 15) is 0 Å². The van der Waals surface area contributed by atoms with Crippen LogP contribution < -0.4 is 0 Å². The Morgan fingerprint density at radius 3 is 2.67 bits per heavy atom. The summed E-state index contributed by atoms with van der Waals surface area (Å²) in [7, 11) is 0. The topological polar surface area (TPSA) is 0 Å². The van der Waals surface area contributed by atoms with Crippen LogP contribution in [-0.2, 0) is 0 Å². The largest absolute Gasteiger partial charge is 0.123 e. The van der Waals surface area contributed by atoms with Crippen LogP contribution in [0.4, 0.5) is 0 Å². The van der Waals surface area contributed by atoms with Crippen molar-refractivity contribution in [2.75, 3.05) is 0 Å². The summed E-state index contributed by atoms with van der Waals surface area (Å²) in [5, 5.41) is 0.474. The molecular formula is C8H14Cl. The minimum Gasteiger partial charge on any atom is -0.123 e. The highest BCUT2D eigenvalue weighted by Crippen LogP contribution is 2.32. The molecule has 1 heteroatoms. The van der Waals surface area contributed by atoms with E-state index in [0.717, 1.165) is 12.3 Å². The van der Waals surface area contributed by atoms with Gasteiger partial charge >= 0.3 is 0 Å². The van der Waals surface area contributed by atoms with E-state index < -0.39 is 0 Å². The zero-order valence-corrected chi connectivity index (χ0v) is 6.53. The Kier molecular flexibility index (Phi) is 2.84. The summed E-state index contributed by atoms with van der Waals surface area (Å²) in [6.45, 7) is 3.83. The van der Waals surface area contributed by atoms with Crippen molar-refractivity contribution >= 4 is 11.6 Å². The first-order valence-corrected chi connectivity index (χ1v) is 4.20. The summed E-state index contributed by atoms with van der Waals surface area (Å²) >= 11 is 5.92. The summed E-state index contributed by atoms with van der Waals surface area (Å²) in [5.41, 5.74) is 0. The lowest BCUT2D eigenvalue weighted by molar-refractivity contribution is 0.508. The fourth-order valence-electron chi connectivity index (χ4n) is 1.56. The first-order chi connectivity index (χ1) is 4.33. The third-order valence-electron chi connectivity index (χ3n) is 2.09. The van der Waals surface area contributed by atoms with Crippen LogP contribution in [0.5, 0.6) is 0 Å². The molecule has 0 aromatic carbocycles. The molecule has 53 valence electrons. The molecule has 1 fully saturated rings. The van der Waals surface area contributed by atoms with Crippen LogP contribution in [0.3, 0.4) is 0 Å². The summed E-state index contributed by atoms with van der Waals surface area (Å²) < 4.78 is 0. The fraction of sp³-hybridized carbons (Fsp3) is 0.875. The highest BCUT2D eigenvalue weighted by molar-refractivity contribution is 6.20. The maximum atomic E-state index is 5.92. The van der Waals surface area contributed by atoms with Crippen LogP contribution >= 0.6 is 11.6 Å². The molecule has 0 aliphatic heterocycles. The average molecular weight is 146 g/mol. The molecule has 1 aliphatic rings. The van der Waals surface area contributed by atoms with Gasteiger partial charge in [0.05, 0.1) is 0 Å². The smallest absolute Gasteiger partial charge is 0.0338 e. The van der Waals surface area contributed by atoms with Gasteiger partial charge in [0.2, 0.25) is 0 Å². The van der Waals surface area contributed by atoms with Gasteiger partial charge in [0.1, 0.15) is 0 Å². The van der Waals surface area contributed by atoms with Crippen LogP contribution in [0.1, 0.15) is 32.1 Å². The molecule has 0 aromatic heterocycles. The maximum Gasteiger partial charge on any atom is 0.0338 e. The molecule has 0 saturated heterocycles. The van der Waals surface area contributed by atoms with Crippen LogP contribution in [-0.4, -0.2) is 5.38 Å². The van der Waals surface area contributed by atoms with Crippen molar-refractivity contribution in [1.82, 2.24) is 0 Å². The molecule has 1 radical (unpaired) electrons. The first kappa shape index (κ1) is 7.40. The minimum atomic E-state index is 0.474. The molecule has 0 nitrogen and oxygen atoms in total. The molecule has 1 saturated carbocycles. The van der Waals surface area contributed by atoms with Crippen molar-refractivity contribution in [2.24, 2.45) is 5.92 Å². The monoisotopic (exact) mass is 145 g/mol. The van der Waals surface area contributed by atoms with E-state index in [4.69, 9.17) is 11.6 Å². The van der Waals surface area contributed by atoms with Crippen molar-refractivity contribution in [1.29, 1.82) is 0 Å². The zero-order valence-electron chi connectivity index (χ0n) is 5.78. The lowest BCUT2D eigenvalue weighted by atomic mass is 10.0. The van der Waals surface area contributed by atoms with E-state index in [2.05, 4.69) is 6.92 Å². The van der Waals surface area contributed by atoms with Gasteiger partial charge in [-0.2, -0.15) is 0 Å². The van der Waals surface area contributed by atoms with Crippen molar-refractivity contribution in [2.45, 2.75) is 37.5 Å². The lowest BCUT2D eigenvalue weighted by Gasteiger charge is -2.04. The van der Waals surface area contributed by atoms with E-state index in [0.29, 0.717) is 5.38 Å². The van der Waals surface area contributed by atoms with E-state index in [1.807, 2.05) is 0 Å². The molecule has 0 N–H and O–H groups in total. The van der Waals surface area contributed by atoms with E-state index in [-0.39, 0.29) is 0 Å². The molecule has 0 bridgehead atoms. The first-order valence-electron chi connectivity index (χ1n) is 3.76. The van der Waals surface area contributed by atoms with Crippen molar-refractivity contribution in [3.8, 4) is 0 Å². The number of alkyl halides is 1. The van der Waals surface area contributed by atoms with E-state index >= 15 is 0 Å². The van der Waals surface area contributed by atoms with Gasteiger partial charge in [-0.1, -0.05) is 19.8 Å². The standard InChI is InChI=1S/C8H14Cl/c1-2-3-7-4-5-8(9)6-7/h7-8H,1-6H2. The molecule has 2 unspecified atom stereocenters. The normalized spacial score (nSPS) is 35.3. The number of hydrogen-bond acceptors (Lipinski definition) is 0. The Morgan fingerprint density at radius 2 is 2.22 bits per heavy atom. The van der Waals surface area contributed by atoms with E-state index in [1.54, 1.807) is 0 Å². The average Bonchev–Trinajstić information content (AvgIpc) is 2.17. The van der Waals surface area contributed by atoms with Crippen molar-refractivity contribution in [3.05, 3.63) is 6.92 Å². The molecule has 2 atom stereocenters. The molecule has 9 heavy (non-hydrogen) atoms. The number of rotatable bonds is 2. The number of hydrogen-bond donors (Lipinski definition) is 0. The van der Waals surface area contributed by atoms with Gasteiger partial charge in [-0.05, 0) is 25.2 Å². The van der Waals surface area contributed by atoms with Crippen molar-refractivity contribution < 1.29 is 0 Å². The zero-order chi connectivity index (χ0) is 6.69. The second-order valence-corrected chi connectivity index (χ2v) is 3.54. The SMILES string of the molecule is [CH2]CCC1CCC(Cl)C1. The molecule has 0 amide bonds. The summed E-state index contributed by atoms with van der Waals surface area (Å²) in [6.07, 6.45) is 6.16. The van der Waals surface area contributed by atoms with Crippen LogP contribution in [0.25, 0.3) is 0 Å². The second kappa shape index (κ2) is 3.46. The van der Waals surface area contributed by atoms with Gasteiger partial charge in [0, 0.05) is 5.38 Å². The third kappa shape index (κ3) is 2.17. The van der Waals surface area contributed by atoms with Gasteiger partial charge in [0.15, 0.2) is 0 Å². The minimum absolute atomic E-state index is 0.474. The molecule has 0 spiro atoms. The predicted molar refractivity (Wildman–Crippen MR) is 41.6 cm³/mol. The summed E-state index contributed by atoms with van der Waals surface area (Å²) in [4.78, 5) is 0. The Balaban J connectivity index is 2.14. The Hall–Kier alpha value is 0.290. The second-order valence-electron chi connectivity index (χ2n) is 2.92. The van der Waals surface area contributed by atoms with Gasteiger partial charge in [-0.3, -0.25) is 0 Å². The lowest BCUT2D eigenvalue weighted by Crippen LogP contribution is -1.93. The van der Waals surface area contributed by atoms with Crippen LogP contribution in [0.2, 0.25) is 0 Å². The molecule has 0 heterocycles. The molecule has 1 rings (SSSR count).